The zero-order valence-corrected chi connectivity index (χ0v) is 10.2. The molecule has 1 aromatic carbocycles. The van der Waals surface area contributed by atoms with E-state index in [4.69, 9.17) is 22.1 Å². The highest BCUT2D eigenvalue weighted by atomic mass is 35.5. The molecule has 0 saturated carbocycles. The first kappa shape index (κ1) is 12.2. The molecule has 1 unspecified atom stereocenters. The largest absolute Gasteiger partial charge is 0.449 e. The number of hydrogen-bond acceptors (Lipinski definition) is 3. The van der Waals surface area contributed by atoms with Crippen molar-refractivity contribution in [2.75, 3.05) is 24.6 Å². The molecule has 1 aliphatic heterocycles. The van der Waals surface area contributed by atoms with Crippen LogP contribution in [0.1, 0.15) is 6.42 Å². The maximum atomic E-state index is 11.7. The lowest BCUT2D eigenvalue weighted by Gasteiger charge is -2.32. The zero-order chi connectivity index (χ0) is 12.3. The van der Waals surface area contributed by atoms with Crippen molar-refractivity contribution in [2.45, 2.75) is 6.42 Å². The van der Waals surface area contributed by atoms with Crippen molar-refractivity contribution >= 4 is 23.4 Å². The molecule has 92 valence electrons. The molecule has 1 aliphatic rings. The van der Waals surface area contributed by atoms with E-state index >= 15 is 0 Å². The molecule has 0 spiro atoms. The molecule has 0 bridgehead atoms. The number of carbonyl (C=O) groups is 1. The molecule has 1 atom stereocenters. The van der Waals surface area contributed by atoms with Gasteiger partial charge < -0.3 is 10.5 Å². The third kappa shape index (κ3) is 2.90. The highest BCUT2D eigenvalue weighted by molar-refractivity contribution is 6.30. The smallest absolute Gasteiger partial charge is 0.414 e. The van der Waals surface area contributed by atoms with Crippen LogP contribution in [0.25, 0.3) is 0 Å². The molecule has 17 heavy (non-hydrogen) atoms. The predicted molar refractivity (Wildman–Crippen MR) is 67.3 cm³/mol. The van der Waals surface area contributed by atoms with Crippen molar-refractivity contribution < 1.29 is 9.53 Å². The lowest BCUT2D eigenvalue weighted by molar-refractivity contribution is 0.113. The van der Waals surface area contributed by atoms with E-state index in [0.29, 0.717) is 30.6 Å². The van der Waals surface area contributed by atoms with Gasteiger partial charge in [-0.05, 0) is 37.2 Å². The molecule has 2 N–H and O–H groups in total. The minimum atomic E-state index is -0.305. The van der Waals surface area contributed by atoms with Crippen molar-refractivity contribution in [1.29, 1.82) is 0 Å². The Bertz CT molecular complexity index is 394. The van der Waals surface area contributed by atoms with Gasteiger partial charge in [-0.3, -0.25) is 4.90 Å². The SMILES string of the molecule is NCCC1COC(=O)N(c2ccc(Cl)cc2)C1. The molecular formula is C12H15ClN2O2. The van der Waals surface area contributed by atoms with E-state index in [-0.39, 0.29) is 6.09 Å². The molecule has 1 heterocycles. The van der Waals surface area contributed by atoms with Gasteiger partial charge in [0.05, 0.1) is 6.61 Å². The Kier molecular flexibility index (Phi) is 3.86. The van der Waals surface area contributed by atoms with Gasteiger partial charge >= 0.3 is 6.09 Å². The number of halogens is 1. The fraction of sp³-hybridized carbons (Fsp3) is 0.417. The number of rotatable bonds is 3. The number of benzene rings is 1. The van der Waals surface area contributed by atoms with E-state index in [0.717, 1.165) is 12.1 Å². The van der Waals surface area contributed by atoms with Crippen LogP contribution in [-0.4, -0.2) is 25.8 Å². The molecule has 1 saturated heterocycles. The number of carbonyl (C=O) groups excluding carboxylic acids is 1. The summed E-state index contributed by atoms with van der Waals surface area (Å²) >= 11 is 5.81. The summed E-state index contributed by atoms with van der Waals surface area (Å²) in [6, 6.07) is 7.15. The second kappa shape index (κ2) is 5.38. The van der Waals surface area contributed by atoms with Crippen LogP contribution in [0.5, 0.6) is 0 Å². The first-order valence-electron chi connectivity index (χ1n) is 5.60. The Morgan fingerprint density at radius 1 is 1.41 bits per heavy atom. The van der Waals surface area contributed by atoms with Gasteiger partial charge in [0, 0.05) is 23.2 Å². The Morgan fingerprint density at radius 3 is 2.76 bits per heavy atom. The van der Waals surface area contributed by atoms with Crippen LogP contribution in [0.3, 0.4) is 0 Å². The van der Waals surface area contributed by atoms with Crippen LogP contribution in [0.15, 0.2) is 24.3 Å². The Labute approximate surface area is 105 Å². The molecule has 2 rings (SSSR count). The van der Waals surface area contributed by atoms with Gasteiger partial charge in [-0.15, -0.1) is 0 Å². The Hall–Kier alpha value is -1.26. The standard InChI is InChI=1S/C12H15ClN2O2/c13-10-1-3-11(4-2-10)15-7-9(5-6-14)8-17-12(15)16/h1-4,9H,5-8,14H2. The van der Waals surface area contributed by atoms with Gasteiger partial charge in [0.25, 0.3) is 0 Å². The van der Waals surface area contributed by atoms with E-state index in [1.807, 2.05) is 12.1 Å². The fourth-order valence-corrected chi connectivity index (χ4v) is 2.02. The van der Waals surface area contributed by atoms with Crippen LogP contribution in [-0.2, 0) is 4.74 Å². The summed E-state index contributed by atoms with van der Waals surface area (Å²) in [5, 5.41) is 0.651. The highest BCUT2D eigenvalue weighted by Crippen LogP contribution is 2.23. The van der Waals surface area contributed by atoms with E-state index in [9.17, 15) is 4.79 Å². The molecule has 1 fully saturated rings. The normalized spacial score (nSPS) is 20.2. The van der Waals surface area contributed by atoms with Crippen molar-refractivity contribution in [1.82, 2.24) is 0 Å². The minimum absolute atomic E-state index is 0.299. The summed E-state index contributed by atoms with van der Waals surface area (Å²) in [7, 11) is 0. The van der Waals surface area contributed by atoms with Crippen molar-refractivity contribution in [3.63, 3.8) is 0 Å². The maximum absolute atomic E-state index is 11.7. The van der Waals surface area contributed by atoms with Crippen molar-refractivity contribution in [3.05, 3.63) is 29.3 Å². The second-order valence-corrected chi connectivity index (χ2v) is 4.54. The number of ether oxygens (including phenoxy) is 1. The molecule has 0 aromatic heterocycles. The number of amides is 1. The molecule has 1 aromatic rings. The van der Waals surface area contributed by atoms with E-state index in [1.54, 1.807) is 17.0 Å². The maximum Gasteiger partial charge on any atom is 0.414 e. The molecule has 1 amide bonds. The monoisotopic (exact) mass is 254 g/mol. The van der Waals surface area contributed by atoms with Gasteiger partial charge in [0.15, 0.2) is 0 Å². The second-order valence-electron chi connectivity index (χ2n) is 4.11. The van der Waals surface area contributed by atoms with E-state index in [2.05, 4.69) is 0 Å². The first-order chi connectivity index (χ1) is 8.20. The molecule has 0 radical (unpaired) electrons. The third-order valence-corrected chi connectivity index (χ3v) is 3.07. The lowest BCUT2D eigenvalue weighted by Crippen LogP contribution is -2.43. The summed E-state index contributed by atoms with van der Waals surface area (Å²) in [6.07, 6.45) is 0.553. The minimum Gasteiger partial charge on any atom is -0.449 e. The summed E-state index contributed by atoms with van der Waals surface area (Å²) in [5.41, 5.74) is 6.33. The van der Waals surface area contributed by atoms with Crippen molar-refractivity contribution in [3.8, 4) is 0 Å². The Morgan fingerprint density at radius 2 is 2.12 bits per heavy atom. The van der Waals surface area contributed by atoms with Crippen LogP contribution in [0.4, 0.5) is 10.5 Å². The van der Waals surface area contributed by atoms with Crippen LogP contribution in [0, 0.1) is 5.92 Å². The van der Waals surface area contributed by atoms with Crippen molar-refractivity contribution in [2.24, 2.45) is 11.7 Å². The number of hydrogen-bond donors (Lipinski definition) is 1. The van der Waals surface area contributed by atoms with Gasteiger partial charge in [-0.1, -0.05) is 11.6 Å². The number of cyclic esters (lactones) is 1. The lowest BCUT2D eigenvalue weighted by atomic mass is 10.0. The number of nitrogens with zero attached hydrogens (tertiary/aromatic N) is 1. The number of nitrogens with two attached hydrogens (primary N) is 1. The molecular weight excluding hydrogens is 240 g/mol. The topological polar surface area (TPSA) is 55.6 Å². The van der Waals surface area contributed by atoms with Gasteiger partial charge in [0.2, 0.25) is 0 Å². The number of anilines is 1. The highest BCUT2D eigenvalue weighted by Gasteiger charge is 2.27. The van der Waals surface area contributed by atoms with E-state index < -0.39 is 0 Å². The van der Waals surface area contributed by atoms with Gasteiger partial charge in [-0.2, -0.15) is 0 Å². The predicted octanol–water partition coefficient (Wildman–Crippen LogP) is 2.26. The first-order valence-corrected chi connectivity index (χ1v) is 5.98. The summed E-state index contributed by atoms with van der Waals surface area (Å²) in [5.74, 6) is 0.299. The molecule has 5 heteroatoms. The fourth-order valence-electron chi connectivity index (χ4n) is 1.89. The van der Waals surface area contributed by atoms with Crippen LogP contribution >= 0.6 is 11.6 Å². The average molecular weight is 255 g/mol. The zero-order valence-electron chi connectivity index (χ0n) is 9.43. The average Bonchev–Trinajstić information content (AvgIpc) is 2.33. The quantitative estimate of drug-likeness (QED) is 0.900. The summed E-state index contributed by atoms with van der Waals surface area (Å²) < 4.78 is 5.14. The van der Waals surface area contributed by atoms with Gasteiger partial charge in [0.1, 0.15) is 0 Å². The summed E-state index contributed by atoms with van der Waals surface area (Å²) in [6.45, 7) is 1.72. The summed E-state index contributed by atoms with van der Waals surface area (Å²) in [4.78, 5) is 13.3. The third-order valence-electron chi connectivity index (χ3n) is 2.82. The Balaban J connectivity index is 2.12. The van der Waals surface area contributed by atoms with Crippen LogP contribution in [0.2, 0.25) is 5.02 Å². The van der Waals surface area contributed by atoms with Crippen LogP contribution < -0.4 is 10.6 Å². The van der Waals surface area contributed by atoms with E-state index in [1.165, 1.54) is 0 Å². The molecule has 4 nitrogen and oxygen atoms in total. The molecule has 0 aliphatic carbocycles. The van der Waals surface area contributed by atoms with Gasteiger partial charge in [-0.25, -0.2) is 4.79 Å².